The molecule has 2 aliphatic carbocycles. The number of aryl methyl sites for hydroxylation is 2. The second-order valence-electron chi connectivity index (χ2n) is 15.6. The van der Waals surface area contributed by atoms with Crippen LogP contribution in [0.5, 0.6) is 11.6 Å². The van der Waals surface area contributed by atoms with Crippen molar-refractivity contribution in [2.75, 3.05) is 50.7 Å². The highest BCUT2D eigenvalue weighted by Crippen LogP contribution is 2.47. The number of benzene rings is 2. The van der Waals surface area contributed by atoms with E-state index in [0.29, 0.717) is 36.2 Å². The lowest BCUT2D eigenvalue weighted by Gasteiger charge is -2.45. The molecular weight excluding hydrogens is 762 g/mol. The normalized spacial score (nSPS) is 30.1. The summed E-state index contributed by atoms with van der Waals surface area (Å²) in [6.45, 7) is 2.53. The van der Waals surface area contributed by atoms with Gasteiger partial charge in [-0.1, -0.05) is 36.7 Å². The number of amides is 2. The number of aromatic nitrogens is 2. The van der Waals surface area contributed by atoms with E-state index < -0.39 is 52.6 Å². The van der Waals surface area contributed by atoms with Gasteiger partial charge in [0.1, 0.15) is 27.3 Å². The first kappa shape index (κ1) is 40.2. The molecule has 1 fully saturated rings. The zero-order valence-electron chi connectivity index (χ0n) is 31.8. The molecule has 2 aromatic carbocycles. The smallest absolute Gasteiger partial charge is 0.286 e. The molecule has 56 heavy (non-hydrogen) atoms. The fourth-order valence-corrected chi connectivity index (χ4v) is 10.6. The molecule has 2 amide bonds. The first-order valence-electron chi connectivity index (χ1n) is 19.1. The number of rotatable bonds is 7. The number of aliphatic hydroxyl groups excluding tert-OH is 3. The zero-order chi connectivity index (χ0) is 39.8. The fraction of sp³-hybridized carbons (Fsp3) is 0.525. The minimum atomic E-state index is -3.89. The van der Waals surface area contributed by atoms with Crippen LogP contribution in [0, 0.1) is 17.8 Å². The molecule has 302 valence electrons. The average molecular weight is 812 g/mol. The second-order valence-corrected chi connectivity index (χ2v) is 18.1. The Bertz CT molecular complexity index is 2120. The van der Waals surface area contributed by atoms with Crippen LogP contribution in [0.1, 0.15) is 64.4 Å². The molecule has 4 aliphatic rings. The number of methoxy groups -OCH3 is 1. The van der Waals surface area contributed by atoms with Crippen molar-refractivity contribution in [3.05, 3.63) is 82.0 Å². The molecule has 1 aromatic heterocycles. The van der Waals surface area contributed by atoms with Crippen LogP contribution >= 0.6 is 11.6 Å². The molecule has 1 spiro atoms. The van der Waals surface area contributed by atoms with Crippen molar-refractivity contribution in [3.8, 4) is 11.6 Å². The summed E-state index contributed by atoms with van der Waals surface area (Å²) in [5.41, 5.74) is 2.88. The van der Waals surface area contributed by atoms with Crippen LogP contribution in [-0.2, 0) is 33.5 Å². The number of hydrogen-bond donors (Lipinski definition) is 4. The topological polar surface area (TPSA) is 185 Å². The van der Waals surface area contributed by atoms with Crippen molar-refractivity contribution in [2.45, 2.75) is 62.8 Å². The highest BCUT2D eigenvalue weighted by Gasteiger charge is 2.44. The van der Waals surface area contributed by atoms with Crippen molar-refractivity contribution >= 4 is 39.0 Å². The number of halogens is 1. The molecule has 14 nitrogen and oxygen atoms in total. The first-order chi connectivity index (χ1) is 26.8. The highest BCUT2D eigenvalue weighted by atomic mass is 35.5. The lowest BCUT2D eigenvalue weighted by molar-refractivity contribution is -0.0266. The van der Waals surface area contributed by atoms with Crippen LogP contribution in [0.4, 0.5) is 5.69 Å². The van der Waals surface area contributed by atoms with Crippen LogP contribution in [0.3, 0.4) is 0 Å². The third-order valence-electron chi connectivity index (χ3n) is 11.6. The molecule has 3 heterocycles. The minimum Gasteiger partial charge on any atom is -0.490 e. The van der Waals surface area contributed by atoms with Crippen LogP contribution < -0.4 is 19.1 Å². The molecule has 8 atom stereocenters. The van der Waals surface area contributed by atoms with Crippen LogP contribution in [-0.4, -0.2) is 105 Å². The first-order valence-corrected chi connectivity index (χ1v) is 21.1. The Morgan fingerprint density at radius 2 is 2.04 bits per heavy atom. The van der Waals surface area contributed by atoms with Gasteiger partial charge in [0.15, 0.2) is 0 Å². The van der Waals surface area contributed by atoms with Gasteiger partial charge in [0.25, 0.3) is 11.8 Å². The van der Waals surface area contributed by atoms with Gasteiger partial charge in [-0.15, -0.1) is 9.46 Å². The number of ether oxygens (including phenoxy) is 3. The van der Waals surface area contributed by atoms with E-state index in [1.54, 1.807) is 44.3 Å². The molecular formula is C40H50ClN5O9S. The van der Waals surface area contributed by atoms with Gasteiger partial charge >= 0.3 is 0 Å². The van der Waals surface area contributed by atoms with Crippen molar-refractivity contribution in [1.82, 2.24) is 14.5 Å². The predicted molar refractivity (Wildman–Crippen MR) is 211 cm³/mol. The second kappa shape index (κ2) is 16.5. The number of nitrogens with zero attached hydrogens (tertiary/aromatic N) is 4. The summed E-state index contributed by atoms with van der Waals surface area (Å²) < 4.78 is 40.9. The third kappa shape index (κ3) is 8.34. The summed E-state index contributed by atoms with van der Waals surface area (Å²) in [4.78, 5) is 30.1. The molecule has 1 saturated carbocycles. The third-order valence-corrected chi connectivity index (χ3v) is 13.8. The Balaban J connectivity index is 1.32. The van der Waals surface area contributed by atoms with E-state index in [0.717, 1.165) is 32.1 Å². The summed E-state index contributed by atoms with van der Waals surface area (Å²) in [5, 5.41) is 36.0. The van der Waals surface area contributed by atoms with E-state index in [9.17, 15) is 29.1 Å². The van der Waals surface area contributed by atoms with Gasteiger partial charge in [0.2, 0.25) is 5.88 Å². The quantitative estimate of drug-likeness (QED) is 0.254. The molecule has 4 N–H and O–H groups in total. The van der Waals surface area contributed by atoms with E-state index in [4.69, 9.17) is 25.8 Å². The van der Waals surface area contributed by atoms with E-state index in [2.05, 4.69) is 25.1 Å². The number of fused-ring (bicyclic) bond motifs is 4. The molecule has 2 aliphatic heterocycles. The van der Waals surface area contributed by atoms with E-state index >= 15 is 0 Å². The highest BCUT2D eigenvalue weighted by molar-refractivity contribution is 7.92. The maximum Gasteiger partial charge on any atom is 0.286 e. The van der Waals surface area contributed by atoms with Crippen LogP contribution in [0.15, 0.2) is 59.1 Å². The van der Waals surface area contributed by atoms with E-state index in [1.165, 1.54) is 29.1 Å². The molecule has 0 saturated heterocycles. The lowest BCUT2D eigenvalue weighted by Crippen LogP contribution is -2.49. The van der Waals surface area contributed by atoms with Crippen LogP contribution in [0.2, 0.25) is 5.02 Å². The Labute approximate surface area is 332 Å². The van der Waals surface area contributed by atoms with Crippen molar-refractivity contribution < 1.29 is 43.3 Å². The van der Waals surface area contributed by atoms with E-state index in [1.807, 2.05) is 12.1 Å². The molecule has 2 unspecified atom stereocenters. The van der Waals surface area contributed by atoms with Crippen molar-refractivity contribution in [3.63, 3.8) is 0 Å². The number of carbonyl (C=O) groups is 2. The van der Waals surface area contributed by atoms with Gasteiger partial charge in [-0.3, -0.25) is 19.0 Å². The van der Waals surface area contributed by atoms with E-state index in [-0.39, 0.29) is 46.6 Å². The Morgan fingerprint density at radius 3 is 2.79 bits per heavy atom. The SMILES string of the molecule is COc1nn(C)cc1C(=O)NS1(=O)=NC(=O)c2ccc3c(c2)N(C[C@@H]2CC[C@H]2[C@@H](O)/C=C/[C@H](OCC(O)CO)[C@H](C)C1)C[C@@]1(CCCc2cc(Cl)ccc21)CO3. The zero-order valence-corrected chi connectivity index (χ0v) is 33.4. The van der Waals surface area contributed by atoms with Gasteiger partial charge in [-0.05, 0) is 85.4 Å². The minimum absolute atomic E-state index is 0.00157. The standard InChI is InChI=1S/C40H50ClN5O9S/c1-24-21-56(52,44-38(51)31-18-45(2)42-39(31)53-3)43-37(50)26-7-12-36-33(16-26)46(22-40(23-55-36)14-4-5-25-15-28(41)8-10-32(25)40)17-27-6-9-30(27)34(49)11-13-35(24)54-20-29(48)19-47/h7-8,10-13,15-16,18,24,27,29-30,34-35,47-49H,4-6,9,14,17,19-23H2,1-3H3,(H,43,44,50,51,52)/b13-11+/t24-,27+,29?,30-,34+,35+,40+,56?/m1/s1. The fourth-order valence-electron chi connectivity index (χ4n) is 8.57. The van der Waals surface area contributed by atoms with Crippen LogP contribution in [0.25, 0.3) is 0 Å². The Morgan fingerprint density at radius 1 is 1.21 bits per heavy atom. The average Bonchev–Trinajstić information content (AvgIpc) is 3.47. The van der Waals surface area contributed by atoms with Crippen molar-refractivity contribution in [1.29, 1.82) is 0 Å². The Kier molecular flexibility index (Phi) is 11.8. The largest absolute Gasteiger partial charge is 0.490 e. The van der Waals surface area contributed by atoms with Gasteiger partial charge in [0, 0.05) is 48.3 Å². The molecule has 16 heteroatoms. The lowest BCUT2D eigenvalue weighted by atomic mass is 9.68. The maximum atomic E-state index is 14.9. The number of nitrogens with one attached hydrogen (secondary N) is 1. The number of hydrogen-bond acceptors (Lipinski definition) is 11. The number of anilines is 1. The monoisotopic (exact) mass is 811 g/mol. The predicted octanol–water partition coefficient (Wildman–Crippen LogP) is 3.84. The summed E-state index contributed by atoms with van der Waals surface area (Å²) in [6, 6.07) is 11.1. The summed E-state index contributed by atoms with van der Waals surface area (Å²) >= 11 is 6.45. The maximum absolute atomic E-state index is 14.9. The molecule has 0 radical (unpaired) electrons. The van der Waals surface area contributed by atoms with Crippen molar-refractivity contribution in [2.24, 2.45) is 29.2 Å². The number of aliphatic hydroxyl groups is 3. The van der Waals surface area contributed by atoms with Gasteiger partial charge in [-0.25, -0.2) is 4.21 Å². The molecule has 7 rings (SSSR count). The summed E-state index contributed by atoms with van der Waals surface area (Å²) in [5.74, 6) is -1.97. The van der Waals surface area contributed by atoms with Gasteiger partial charge in [0.05, 0.1) is 50.6 Å². The molecule has 3 aromatic rings. The number of carbonyl (C=O) groups excluding carboxylic acids is 2. The summed E-state index contributed by atoms with van der Waals surface area (Å²) in [7, 11) is -0.931. The van der Waals surface area contributed by atoms with Gasteiger partial charge < -0.3 is 34.4 Å². The summed E-state index contributed by atoms with van der Waals surface area (Å²) in [6.07, 6.45) is 6.34. The Hall–Kier alpha value is -3.99. The molecule has 2 bridgehead atoms. The van der Waals surface area contributed by atoms with Gasteiger partial charge in [-0.2, -0.15) is 0 Å².